The van der Waals surface area contributed by atoms with Crippen LogP contribution in [-0.2, 0) is 6.42 Å². The van der Waals surface area contributed by atoms with Crippen molar-refractivity contribution in [2.24, 2.45) is 0 Å². The van der Waals surface area contributed by atoms with Gasteiger partial charge in [0.25, 0.3) is 0 Å². The molecule has 0 fully saturated rings. The zero-order chi connectivity index (χ0) is 12.3. The van der Waals surface area contributed by atoms with E-state index in [0.717, 1.165) is 39.9 Å². The highest BCUT2D eigenvalue weighted by Gasteiger charge is 2.09. The molecule has 90 valence electrons. The second-order valence-corrected chi connectivity index (χ2v) is 5.00. The maximum Gasteiger partial charge on any atom is 0.149 e. The molecule has 0 saturated heterocycles. The number of aryl methyl sites for hydroxylation is 2. The molecular formula is C12H16N4S. The van der Waals surface area contributed by atoms with Crippen LogP contribution in [0.5, 0.6) is 0 Å². The fourth-order valence-corrected chi connectivity index (χ4v) is 2.52. The van der Waals surface area contributed by atoms with Crippen molar-refractivity contribution in [3.05, 3.63) is 28.5 Å². The lowest BCUT2D eigenvalue weighted by atomic mass is 10.2. The summed E-state index contributed by atoms with van der Waals surface area (Å²) < 4.78 is 0. The third-order valence-electron chi connectivity index (χ3n) is 2.51. The van der Waals surface area contributed by atoms with Gasteiger partial charge in [-0.3, -0.25) is 4.98 Å². The molecule has 4 nitrogen and oxygen atoms in total. The van der Waals surface area contributed by atoms with Crippen molar-refractivity contribution in [3.8, 4) is 10.6 Å². The fraction of sp³-hybridized carbons (Fsp3) is 0.417. The number of likely N-dealkylation sites (N-methyl/N-ethyl adjacent to an activating group) is 1. The summed E-state index contributed by atoms with van der Waals surface area (Å²) in [5.41, 5.74) is 3.14. The standard InChI is InChI=1S/C12H16N4S/c1-8-4-5-10(9(2)14-8)12-16-15-11(17-12)6-7-13-3/h4-5,13H,6-7H2,1-3H3. The summed E-state index contributed by atoms with van der Waals surface area (Å²) in [4.78, 5) is 4.45. The van der Waals surface area contributed by atoms with Gasteiger partial charge in [0.05, 0.1) is 0 Å². The highest BCUT2D eigenvalue weighted by molar-refractivity contribution is 7.14. The van der Waals surface area contributed by atoms with Crippen molar-refractivity contribution in [1.29, 1.82) is 0 Å². The third-order valence-corrected chi connectivity index (χ3v) is 3.53. The van der Waals surface area contributed by atoms with Crippen molar-refractivity contribution < 1.29 is 0 Å². The molecule has 1 N–H and O–H groups in total. The normalized spacial score (nSPS) is 10.8. The lowest BCUT2D eigenvalue weighted by Crippen LogP contribution is -2.09. The smallest absolute Gasteiger partial charge is 0.149 e. The summed E-state index contributed by atoms with van der Waals surface area (Å²) in [6.07, 6.45) is 0.923. The first-order valence-corrected chi connectivity index (χ1v) is 6.44. The molecule has 0 aliphatic carbocycles. The van der Waals surface area contributed by atoms with Crippen LogP contribution in [0, 0.1) is 13.8 Å². The number of hydrogen-bond donors (Lipinski definition) is 1. The lowest BCUT2D eigenvalue weighted by molar-refractivity contribution is 0.779. The number of nitrogens with zero attached hydrogens (tertiary/aromatic N) is 3. The number of hydrogen-bond acceptors (Lipinski definition) is 5. The second-order valence-electron chi connectivity index (χ2n) is 3.94. The Hall–Kier alpha value is -1.33. The topological polar surface area (TPSA) is 50.7 Å². The molecule has 2 heterocycles. The molecule has 5 heteroatoms. The molecule has 2 rings (SSSR count). The molecule has 0 radical (unpaired) electrons. The van der Waals surface area contributed by atoms with Crippen LogP contribution in [0.15, 0.2) is 12.1 Å². The summed E-state index contributed by atoms with van der Waals surface area (Å²) >= 11 is 1.64. The largest absolute Gasteiger partial charge is 0.319 e. The Morgan fingerprint density at radius 2 is 2.06 bits per heavy atom. The van der Waals surface area contributed by atoms with Gasteiger partial charge in [0.2, 0.25) is 0 Å². The Labute approximate surface area is 105 Å². The Morgan fingerprint density at radius 3 is 2.76 bits per heavy atom. The second kappa shape index (κ2) is 5.33. The first-order valence-electron chi connectivity index (χ1n) is 5.62. The van der Waals surface area contributed by atoms with Gasteiger partial charge >= 0.3 is 0 Å². The van der Waals surface area contributed by atoms with E-state index in [1.54, 1.807) is 11.3 Å². The fourth-order valence-electron chi connectivity index (χ4n) is 1.61. The van der Waals surface area contributed by atoms with Crippen molar-refractivity contribution in [2.45, 2.75) is 20.3 Å². The molecule has 0 bridgehead atoms. The minimum atomic E-state index is 0.923. The molecule has 0 amide bonds. The molecule has 0 unspecified atom stereocenters. The minimum absolute atomic E-state index is 0.923. The van der Waals surface area contributed by atoms with E-state index in [0.29, 0.717) is 0 Å². The number of rotatable bonds is 4. The van der Waals surface area contributed by atoms with Gasteiger partial charge in [-0.2, -0.15) is 0 Å². The Balaban J connectivity index is 2.24. The maximum atomic E-state index is 4.45. The van der Waals surface area contributed by atoms with Crippen molar-refractivity contribution in [2.75, 3.05) is 13.6 Å². The van der Waals surface area contributed by atoms with E-state index in [9.17, 15) is 0 Å². The van der Waals surface area contributed by atoms with E-state index in [4.69, 9.17) is 0 Å². The Bertz CT molecular complexity index is 507. The number of aromatic nitrogens is 3. The Kier molecular flexibility index (Phi) is 3.81. The quantitative estimate of drug-likeness (QED) is 0.899. The molecule has 0 aliphatic heterocycles. The predicted molar refractivity (Wildman–Crippen MR) is 70.2 cm³/mol. The van der Waals surface area contributed by atoms with Gasteiger partial charge in [-0.05, 0) is 33.0 Å². The summed E-state index contributed by atoms with van der Waals surface area (Å²) in [7, 11) is 1.94. The van der Waals surface area contributed by atoms with Gasteiger partial charge in [0.1, 0.15) is 10.0 Å². The molecule has 0 atom stereocenters. The summed E-state index contributed by atoms with van der Waals surface area (Å²) in [5.74, 6) is 0. The van der Waals surface area contributed by atoms with E-state index in [1.807, 2.05) is 27.0 Å². The van der Waals surface area contributed by atoms with Crippen LogP contribution in [-0.4, -0.2) is 28.8 Å². The van der Waals surface area contributed by atoms with Crippen molar-refractivity contribution >= 4 is 11.3 Å². The van der Waals surface area contributed by atoms with Crippen LogP contribution in [0.3, 0.4) is 0 Å². The van der Waals surface area contributed by atoms with Crippen LogP contribution in [0.4, 0.5) is 0 Å². The van der Waals surface area contributed by atoms with Crippen LogP contribution >= 0.6 is 11.3 Å². The number of nitrogens with one attached hydrogen (secondary N) is 1. The molecule has 2 aromatic rings. The first-order chi connectivity index (χ1) is 8.20. The minimum Gasteiger partial charge on any atom is -0.319 e. The van der Waals surface area contributed by atoms with Crippen LogP contribution in [0.1, 0.15) is 16.4 Å². The van der Waals surface area contributed by atoms with Gasteiger partial charge in [0.15, 0.2) is 0 Å². The highest BCUT2D eigenvalue weighted by atomic mass is 32.1. The van der Waals surface area contributed by atoms with Crippen molar-refractivity contribution in [1.82, 2.24) is 20.5 Å². The molecular weight excluding hydrogens is 232 g/mol. The van der Waals surface area contributed by atoms with E-state index in [2.05, 4.69) is 26.6 Å². The van der Waals surface area contributed by atoms with Gasteiger partial charge in [-0.25, -0.2) is 0 Å². The van der Waals surface area contributed by atoms with Crippen LogP contribution in [0.2, 0.25) is 0 Å². The molecule has 0 spiro atoms. The van der Waals surface area contributed by atoms with Gasteiger partial charge in [-0.1, -0.05) is 11.3 Å². The predicted octanol–water partition coefficient (Wildman–Crippen LogP) is 1.98. The Morgan fingerprint density at radius 1 is 1.24 bits per heavy atom. The van der Waals surface area contributed by atoms with E-state index >= 15 is 0 Å². The average Bonchev–Trinajstić information content (AvgIpc) is 2.75. The van der Waals surface area contributed by atoms with E-state index < -0.39 is 0 Å². The highest BCUT2D eigenvalue weighted by Crippen LogP contribution is 2.25. The lowest BCUT2D eigenvalue weighted by Gasteiger charge is -2.01. The molecule has 0 saturated carbocycles. The average molecular weight is 248 g/mol. The van der Waals surface area contributed by atoms with Gasteiger partial charge in [0, 0.05) is 29.9 Å². The maximum absolute atomic E-state index is 4.45. The van der Waals surface area contributed by atoms with E-state index in [1.165, 1.54) is 0 Å². The zero-order valence-corrected chi connectivity index (χ0v) is 11.1. The third kappa shape index (κ3) is 2.87. The SMILES string of the molecule is CNCCc1nnc(-c2ccc(C)nc2C)s1. The van der Waals surface area contributed by atoms with Gasteiger partial charge in [-0.15, -0.1) is 10.2 Å². The molecule has 2 aromatic heterocycles. The van der Waals surface area contributed by atoms with Crippen LogP contribution < -0.4 is 5.32 Å². The molecule has 17 heavy (non-hydrogen) atoms. The van der Waals surface area contributed by atoms with Crippen LogP contribution in [0.25, 0.3) is 10.6 Å². The van der Waals surface area contributed by atoms with Gasteiger partial charge < -0.3 is 5.32 Å². The summed E-state index contributed by atoms with van der Waals surface area (Å²) in [6, 6.07) is 4.08. The monoisotopic (exact) mass is 248 g/mol. The molecule has 0 aromatic carbocycles. The van der Waals surface area contributed by atoms with E-state index in [-0.39, 0.29) is 0 Å². The zero-order valence-electron chi connectivity index (χ0n) is 10.3. The summed E-state index contributed by atoms with van der Waals surface area (Å²) in [6.45, 7) is 4.94. The molecule has 0 aliphatic rings. The van der Waals surface area contributed by atoms with Crippen molar-refractivity contribution in [3.63, 3.8) is 0 Å². The number of pyridine rings is 1. The first kappa shape index (κ1) is 12.1. The summed E-state index contributed by atoms with van der Waals surface area (Å²) in [5, 5.41) is 13.6.